The molecule has 1 aromatic heterocycles. The topological polar surface area (TPSA) is 83.8 Å². The van der Waals surface area contributed by atoms with Crippen molar-refractivity contribution in [2.45, 2.75) is 50.9 Å². The zero-order valence-electron chi connectivity index (χ0n) is 18.7. The summed E-state index contributed by atoms with van der Waals surface area (Å²) in [7, 11) is 1.62. The molecule has 7 nitrogen and oxygen atoms in total. The van der Waals surface area contributed by atoms with E-state index >= 15 is 0 Å². The monoisotopic (exact) mass is 437 g/mol. The average molecular weight is 438 g/mol. The number of carbonyl (C=O) groups is 1. The molecule has 7 heteroatoms. The lowest BCUT2D eigenvalue weighted by Gasteiger charge is -2.33. The standard InChI is InChI=1S/C25H31N3O4/c1-3-27-22-19(20(14-29)23(27)24(30)26-16-5-4-6-16)13-28-21(22)12-11-18(25(28)31)15-7-9-17(32-2)10-8-15/h7-12,16,19-20,22-23,29H,3-6,13-14H2,1-2H3,(H,26,30)/t19-,20-,22+,23-/m0/s1. The summed E-state index contributed by atoms with van der Waals surface area (Å²) in [5.41, 5.74) is 2.42. The number of hydrogen-bond donors (Lipinski definition) is 2. The van der Waals surface area contributed by atoms with Gasteiger partial charge >= 0.3 is 0 Å². The van der Waals surface area contributed by atoms with Gasteiger partial charge in [-0.3, -0.25) is 14.5 Å². The van der Waals surface area contributed by atoms with Gasteiger partial charge in [-0.15, -0.1) is 0 Å². The molecular formula is C25H31N3O4. The van der Waals surface area contributed by atoms with Crippen molar-refractivity contribution in [3.05, 3.63) is 52.4 Å². The highest BCUT2D eigenvalue weighted by molar-refractivity contribution is 5.83. The van der Waals surface area contributed by atoms with Gasteiger partial charge in [0.1, 0.15) is 5.75 Å². The van der Waals surface area contributed by atoms with Gasteiger partial charge in [0.15, 0.2) is 0 Å². The molecular weight excluding hydrogens is 406 g/mol. The Balaban J connectivity index is 1.48. The number of methoxy groups -OCH3 is 1. The van der Waals surface area contributed by atoms with E-state index < -0.39 is 0 Å². The highest BCUT2D eigenvalue weighted by atomic mass is 16.5. The lowest BCUT2D eigenvalue weighted by atomic mass is 9.87. The number of likely N-dealkylation sites (tertiary alicyclic amines) is 1. The van der Waals surface area contributed by atoms with Gasteiger partial charge in [0.2, 0.25) is 5.91 Å². The van der Waals surface area contributed by atoms with Crippen molar-refractivity contribution in [2.24, 2.45) is 11.8 Å². The van der Waals surface area contributed by atoms with Crippen LogP contribution in [-0.2, 0) is 11.3 Å². The van der Waals surface area contributed by atoms with Gasteiger partial charge in [0, 0.05) is 42.3 Å². The molecule has 2 fully saturated rings. The van der Waals surface area contributed by atoms with Crippen molar-refractivity contribution in [2.75, 3.05) is 20.3 Å². The van der Waals surface area contributed by atoms with Gasteiger partial charge in [-0.25, -0.2) is 0 Å². The zero-order valence-corrected chi connectivity index (χ0v) is 18.7. The van der Waals surface area contributed by atoms with Gasteiger partial charge in [-0.2, -0.15) is 0 Å². The SMILES string of the molecule is CCN1[C@H](C(=O)NC2CCC2)[C@@H](CO)[C@@H]2Cn3c(ccc(-c4ccc(OC)cc4)c3=O)[C@@H]21. The second kappa shape index (κ2) is 8.37. The predicted octanol–water partition coefficient (Wildman–Crippen LogP) is 2.18. The number of aliphatic hydroxyl groups excluding tert-OH is 1. The van der Waals surface area contributed by atoms with E-state index in [1.54, 1.807) is 7.11 Å². The molecule has 0 spiro atoms. The van der Waals surface area contributed by atoms with Crippen molar-refractivity contribution in [1.82, 2.24) is 14.8 Å². The van der Waals surface area contributed by atoms with Crippen LogP contribution in [0.15, 0.2) is 41.2 Å². The van der Waals surface area contributed by atoms with Crippen molar-refractivity contribution in [3.63, 3.8) is 0 Å². The number of amides is 1. The molecule has 1 saturated carbocycles. The van der Waals surface area contributed by atoms with E-state index in [2.05, 4.69) is 10.2 Å². The molecule has 1 aliphatic carbocycles. The number of likely N-dealkylation sites (N-methyl/N-ethyl adjacent to an activating group) is 1. The summed E-state index contributed by atoms with van der Waals surface area (Å²) in [5.74, 6) is 0.619. The molecule has 0 bridgehead atoms. The summed E-state index contributed by atoms with van der Waals surface area (Å²) in [6.07, 6.45) is 3.23. The van der Waals surface area contributed by atoms with Crippen LogP contribution in [0, 0.1) is 11.8 Å². The van der Waals surface area contributed by atoms with Crippen LogP contribution in [0.2, 0.25) is 0 Å². The third kappa shape index (κ3) is 3.26. The van der Waals surface area contributed by atoms with Crippen LogP contribution in [0.1, 0.15) is 37.9 Å². The number of ether oxygens (including phenoxy) is 1. The minimum atomic E-state index is -0.356. The van der Waals surface area contributed by atoms with Crippen molar-refractivity contribution < 1.29 is 14.6 Å². The summed E-state index contributed by atoms with van der Waals surface area (Å²) in [4.78, 5) is 28.7. The van der Waals surface area contributed by atoms with Gasteiger partial charge < -0.3 is 19.7 Å². The summed E-state index contributed by atoms with van der Waals surface area (Å²) >= 11 is 0. The number of hydrogen-bond acceptors (Lipinski definition) is 5. The Morgan fingerprint density at radius 2 is 1.94 bits per heavy atom. The second-order valence-corrected chi connectivity index (χ2v) is 9.18. The molecule has 0 radical (unpaired) electrons. The number of rotatable bonds is 6. The number of nitrogens with zero attached hydrogens (tertiary/aromatic N) is 2. The first-order valence-electron chi connectivity index (χ1n) is 11.6. The smallest absolute Gasteiger partial charge is 0.258 e. The zero-order chi connectivity index (χ0) is 22.4. The largest absolute Gasteiger partial charge is 0.497 e. The summed E-state index contributed by atoms with van der Waals surface area (Å²) in [6, 6.07) is 11.3. The van der Waals surface area contributed by atoms with E-state index in [4.69, 9.17) is 4.74 Å². The first-order chi connectivity index (χ1) is 15.6. The maximum Gasteiger partial charge on any atom is 0.258 e. The van der Waals surface area contributed by atoms with Crippen LogP contribution in [0.4, 0.5) is 0 Å². The van der Waals surface area contributed by atoms with E-state index in [1.165, 1.54) is 0 Å². The first kappa shape index (κ1) is 21.2. The Hall–Kier alpha value is -2.64. The molecule has 1 saturated heterocycles. The number of benzene rings is 1. The molecule has 2 N–H and O–H groups in total. The van der Waals surface area contributed by atoms with Gasteiger partial charge in [-0.1, -0.05) is 19.1 Å². The fourth-order valence-electron chi connectivity index (χ4n) is 5.81. The molecule has 5 rings (SSSR count). The van der Waals surface area contributed by atoms with E-state index in [0.29, 0.717) is 18.7 Å². The maximum absolute atomic E-state index is 13.4. The summed E-state index contributed by atoms with van der Waals surface area (Å²) in [6.45, 7) is 3.20. The van der Waals surface area contributed by atoms with Gasteiger partial charge in [-0.05, 0) is 55.6 Å². The van der Waals surface area contributed by atoms with Gasteiger partial charge in [0.25, 0.3) is 5.56 Å². The van der Waals surface area contributed by atoms with E-state index in [-0.39, 0.29) is 48.0 Å². The number of pyridine rings is 1. The Labute approximate surface area is 188 Å². The fourth-order valence-corrected chi connectivity index (χ4v) is 5.81. The molecule has 170 valence electrons. The van der Waals surface area contributed by atoms with E-state index in [0.717, 1.165) is 36.3 Å². The molecule has 3 aliphatic rings. The summed E-state index contributed by atoms with van der Waals surface area (Å²) in [5, 5.41) is 13.5. The van der Waals surface area contributed by atoms with Crippen LogP contribution < -0.4 is 15.6 Å². The van der Waals surface area contributed by atoms with Crippen molar-refractivity contribution in [1.29, 1.82) is 0 Å². The highest BCUT2D eigenvalue weighted by Gasteiger charge is 2.55. The lowest BCUT2D eigenvalue weighted by Crippen LogP contribution is -2.52. The minimum absolute atomic E-state index is 0.0220. The molecule has 32 heavy (non-hydrogen) atoms. The fraction of sp³-hybridized carbons (Fsp3) is 0.520. The summed E-state index contributed by atoms with van der Waals surface area (Å²) < 4.78 is 7.07. The normalized spacial score (nSPS) is 27.0. The second-order valence-electron chi connectivity index (χ2n) is 9.18. The average Bonchev–Trinajstić information content (AvgIpc) is 3.31. The van der Waals surface area contributed by atoms with Gasteiger partial charge in [0.05, 0.1) is 19.2 Å². The quantitative estimate of drug-likeness (QED) is 0.724. The Morgan fingerprint density at radius 3 is 2.53 bits per heavy atom. The number of aromatic nitrogens is 1. The van der Waals surface area contributed by atoms with Crippen LogP contribution in [-0.4, -0.2) is 52.8 Å². The van der Waals surface area contributed by atoms with E-state index in [9.17, 15) is 14.7 Å². The molecule has 4 atom stereocenters. The third-order valence-electron chi connectivity index (χ3n) is 7.68. The highest BCUT2D eigenvalue weighted by Crippen LogP contribution is 2.49. The lowest BCUT2D eigenvalue weighted by molar-refractivity contribution is -0.129. The molecule has 3 heterocycles. The van der Waals surface area contributed by atoms with Crippen LogP contribution in [0.3, 0.4) is 0 Å². The third-order valence-corrected chi connectivity index (χ3v) is 7.68. The molecule has 2 aliphatic heterocycles. The number of fused-ring (bicyclic) bond motifs is 3. The molecule has 0 unspecified atom stereocenters. The van der Waals surface area contributed by atoms with Crippen LogP contribution in [0.5, 0.6) is 5.75 Å². The first-order valence-corrected chi connectivity index (χ1v) is 11.6. The molecule has 1 aromatic carbocycles. The van der Waals surface area contributed by atoms with Crippen molar-refractivity contribution >= 4 is 5.91 Å². The Kier molecular flexibility index (Phi) is 5.55. The van der Waals surface area contributed by atoms with Crippen LogP contribution in [0.25, 0.3) is 11.1 Å². The Bertz CT molecular complexity index is 1060. The molecule has 2 aromatic rings. The van der Waals surface area contributed by atoms with E-state index in [1.807, 2.05) is 47.9 Å². The Morgan fingerprint density at radius 1 is 1.19 bits per heavy atom. The van der Waals surface area contributed by atoms with Crippen LogP contribution >= 0.6 is 0 Å². The minimum Gasteiger partial charge on any atom is -0.497 e. The van der Waals surface area contributed by atoms with Crippen molar-refractivity contribution in [3.8, 4) is 16.9 Å². The maximum atomic E-state index is 13.4. The number of nitrogens with one attached hydrogen (secondary N) is 1. The predicted molar refractivity (Wildman–Crippen MR) is 121 cm³/mol. The molecule has 1 amide bonds. The number of aliphatic hydroxyl groups is 1. The number of carbonyl (C=O) groups excluding carboxylic acids is 1.